The molecule has 7 aliphatic heterocycles. The van der Waals surface area contributed by atoms with Crippen molar-refractivity contribution in [2.45, 2.75) is 419 Å². The van der Waals surface area contributed by atoms with Crippen LogP contribution in [-0.4, -0.2) is 184 Å². The van der Waals surface area contributed by atoms with Crippen molar-refractivity contribution in [2.24, 2.45) is 111 Å². The molecule has 7 fully saturated rings. The fraction of sp³-hybridized carbons (Fsp3) is 1.00. The molecule has 8 heteroatoms. The van der Waals surface area contributed by atoms with Crippen LogP contribution in [0.3, 0.4) is 0 Å². The molecule has 1 N–H and O–H groups in total. The lowest BCUT2D eigenvalue weighted by Gasteiger charge is -2.47. The first-order valence-electron chi connectivity index (χ1n) is 50.7. The lowest BCUT2D eigenvalue weighted by Crippen LogP contribution is -2.48. The molecule has 7 heterocycles. The van der Waals surface area contributed by atoms with Crippen LogP contribution >= 0.6 is 0 Å². The Morgan fingerprint density at radius 2 is 0.607 bits per heavy atom. The molecule has 0 aromatic rings. The number of piperidine rings is 7. The van der Waals surface area contributed by atoms with E-state index in [1.54, 1.807) is 0 Å². The van der Waals surface area contributed by atoms with Gasteiger partial charge in [0.1, 0.15) is 0 Å². The van der Waals surface area contributed by atoms with Gasteiger partial charge in [-0.15, -0.1) is 0 Å². The first kappa shape index (κ1) is 110. The molecule has 0 saturated carbocycles. The summed E-state index contributed by atoms with van der Waals surface area (Å²) in [7, 11) is 0. The standard InChI is InChI=1S/3C16H33N.C15H31N.C14H30N2.C14H29N.C13H27N/c1-14(2)9-7-8-10-17-12-15(3,4)11-16(5,6)13-17;1-14(2)8-5-6-10-17-11-7-9-16(13-17)12-15(3)4;1-5-15-11-16(6-2)13-17(12-15)10-8-7-9-14(3)4;1-13(2)8-5-6-10-16-11-7-9-15(12-16)14(3)4;1-12(2)15-7-5-6-8-16-10-13(3)9-14(4)11-16;1-12(2)7-5-6-8-15-10-13(3)9-14(4)11-15;1-12(2)7-4-5-9-14-10-6-8-13(3)11-14/h14H,7-13H2,1-6H3;2*14-16H,5-13H2,1-4H3;13-15H,5-12H2,1-4H3;12-15H,5-11H2,1-4H3;12-14H,5-11H2,1-4H3;12-13H,4-11H2,1-3H3/t;;15-,16+;;;13-,14+;. The molecule has 672 valence electrons. The van der Waals surface area contributed by atoms with Crippen LogP contribution in [-0.2, 0) is 0 Å². The second-order valence-electron chi connectivity index (χ2n) is 45.3. The maximum absolute atomic E-state index is 3.48. The first-order chi connectivity index (χ1) is 52.9. The summed E-state index contributed by atoms with van der Waals surface area (Å²) >= 11 is 0. The fourth-order valence-corrected chi connectivity index (χ4v) is 20.7. The molecule has 0 bridgehead atoms. The van der Waals surface area contributed by atoms with Crippen molar-refractivity contribution in [3.05, 3.63) is 0 Å². The predicted octanol–water partition coefficient (Wildman–Crippen LogP) is 28.0. The van der Waals surface area contributed by atoms with Gasteiger partial charge in [0.05, 0.1) is 0 Å². The Hall–Kier alpha value is -0.320. The summed E-state index contributed by atoms with van der Waals surface area (Å²) in [5, 5.41) is 3.48. The fourth-order valence-electron chi connectivity index (χ4n) is 20.7. The predicted molar refractivity (Wildman–Crippen MR) is 508 cm³/mol. The summed E-state index contributed by atoms with van der Waals surface area (Å²) < 4.78 is 0. The zero-order valence-electron chi connectivity index (χ0n) is 82.9. The average molecular weight is 1580 g/mol. The molecular weight excluding hydrogens is 1360 g/mol. The molecule has 0 aromatic carbocycles. The molecule has 0 spiro atoms. The van der Waals surface area contributed by atoms with Crippen LogP contribution in [0.25, 0.3) is 0 Å². The Labute approximate surface area is 709 Å². The van der Waals surface area contributed by atoms with Crippen molar-refractivity contribution in [3.8, 4) is 0 Å². The number of hydrogen-bond donors (Lipinski definition) is 1. The van der Waals surface area contributed by atoms with Crippen molar-refractivity contribution >= 4 is 0 Å². The van der Waals surface area contributed by atoms with Crippen molar-refractivity contribution in [1.29, 1.82) is 0 Å². The molecule has 7 rings (SSSR count). The van der Waals surface area contributed by atoms with E-state index in [1.165, 1.54) is 356 Å². The van der Waals surface area contributed by atoms with Crippen molar-refractivity contribution in [1.82, 2.24) is 39.6 Å². The van der Waals surface area contributed by atoms with Crippen LogP contribution in [0.5, 0.6) is 0 Å². The van der Waals surface area contributed by atoms with Gasteiger partial charge < -0.3 is 39.6 Å². The Balaban J connectivity index is 0.000000654. The van der Waals surface area contributed by atoms with Crippen LogP contribution in [0, 0.1) is 111 Å². The summed E-state index contributed by atoms with van der Waals surface area (Å²) in [6.07, 6.45) is 46.5. The van der Waals surface area contributed by atoms with Gasteiger partial charge >= 0.3 is 0 Å². The highest BCUT2D eigenvalue weighted by Crippen LogP contribution is 2.40. The number of likely N-dealkylation sites (tertiary alicyclic amines) is 7. The number of nitrogens with one attached hydrogen (secondary N) is 1. The van der Waals surface area contributed by atoms with Gasteiger partial charge in [-0.3, -0.25) is 0 Å². The lowest BCUT2D eigenvalue weighted by molar-refractivity contribution is 0.0268. The van der Waals surface area contributed by atoms with Gasteiger partial charge in [-0.2, -0.15) is 0 Å². The minimum absolute atomic E-state index is 0.500. The van der Waals surface area contributed by atoms with Crippen molar-refractivity contribution in [3.63, 3.8) is 0 Å². The molecule has 7 aliphatic rings. The molecular formula is C104H216N8. The van der Waals surface area contributed by atoms with E-state index in [-0.39, 0.29) is 0 Å². The molecule has 0 radical (unpaired) electrons. The third-order valence-electron chi connectivity index (χ3n) is 26.1. The molecule has 9 atom stereocenters. The van der Waals surface area contributed by atoms with Gasteiger partial charge in [-0.25, -0.2) is 0 Å². The number of nitrogens with zero attached hydrogens (tertiary/aromatic N) is 7. The van der Waals surface area contributed by atoms with E-state index in [0.717, 1.165) is 101 Å². The van der Waals surface area contributed by atoms with Crippen molar-refractivity contribution < 1.29 is 0 Å². The summed E-state index contributed by atoms with van der Waals surface area (Å²) in [6, 6.07) is 0.634. The molecule has 8 nitrogen and oxygen atoms in total. The highest BCUT2D eigenvalue weighted by Gasteiger charge is 2.37. The van der Waals surface area contributed by atoms with E-state index in [0.29, 0.717) is 16.9 Å². The summed E-state index contributed by atoms with van der Waals surface area (Å²) in [5.74, 6) is 15.5. The van der Waals surface area contributed by atoms with E-state index in [1.807, 2.05) is 0 Å². The SMILES string of the molecule is CC(C)CCCCN1CC(C)(C)CC(C)(C)C1.CC(C)CCCCN1CCCC(C(C)C)C1.CC(C)CCCCN1CCCC(C)C1.CC(C)CCCCN1CCCC(CC(C)C)C1.CC(C)CCCCN1C[C@H](C)C[C@H](C)C1.CC1CC(C)CN(CCCCNC(C)C)C1.CC[C@@H]1C[C@H](CC)CN(CCCCC(C)C)C1. The van der Waals surface area contributed by atoms with Crippen LogP contribution in [0.1, 0.15) is 413 Å². The zero-order chi connectivity index (χ0) is 84.0. The Morgan fingerprint density at radius 3 is 0.946 bits per heavy atom. The van der Waals surface area contributed by atoms with E-state index < -0.39 is 0 Å². The quantitative estimate of drug-likeness (QED) is 0.0607. The second kappa shape index (κ2) is 65.4. The Kier molecular flexibility index (Phi) is 64.1. The minimum Gasteiger partial charge on any atom is -0.315 e. The first-order valence-corrected chi connectivity index (χ1v) is 50.7. The molecule has 0 amide bonds. The Bertz CT molecular complexity index is 2020. The van der Waals surface area contributed by atoms with Gasteiger partial charge in [0.15, 0.2) is 0 Å². The van der Waals surface area contributed by atoms with Gasteiger partial charge in [0, 0.05) is 78.0 Å². The maximum atomic E-state index is 3.48. The highest BCUT2D eigenvalue weighted by atomic mass is 15.2. The van der Waals surface area contributed by atoms with Crippen LogP contribution in [0.4, 0.5) is 0 Å². The minimum atomic E-state index is 0.500. The van der Waals surface area contributed by atoms with Gasteiger partial charge in [0.2, 0.25) is 0 Å². The number of unbranched alkanes of at least 4 members (excludes halogenated alkanes) is 7. The number of rotatable bonds is 41. The topological polar surface area (TPSA) is 34.7 Å². The normalized spacial score (nSPS) is 25.3. The Morgan fingerprint density at radius 1 is 0.304 bits per heavy atom. The van der Waals surface area contributed by atoms with E-state index in [2.05, 4.69) is 240 Å². The van der Waals surface area contributed by atoms with Gasteiger partial charge in [-0.05, 0) is 305 Å². The molecule has 7 saturated heterocycles. The second-order valence-corrected chi connectivity index (χ2v) is 45.3. The summed E-state index contributed by atoms with van der Waals surface area (Å²) in [4.78, 5) is 18.9. The molecule has 112 heavy (non-hydrogen) atoms. The zero-order valence-corrected chi connectivity index (χ0v) is 82.9. The maximum Gasteiger partial charge on any atom is 0.00331 e. The lowest BCUT2D eigenvalue weighted by atomic mass is 9.71. The van der Waals surface area contributed by atoms with Crippen LogP contribution < -0.4 is 5.32 Å². The van der Waals surface area contributed by atoms with E-state index in [4.69, 9.17) is 0 Å². The van der Waals surface area contributed by atoms with Crippen molar-refractivity contribution in [2.75, 3.05) is 144 Å². The molecule has 5 unspecified atom stereocenters. The van der Waals surface area contributed by atoms with E-state index >= 15 is 0 Å². The largest absolute Gasteiger partial charge is 0.315 e. The average Bonchev–Trinajstić information content (AvgIpc) is 0.811. The third-order valence-corrected chi connectivity index (χ3v) is 26.1. The van der Waals surface area contributed by atoms with Crippen LogP contribution in [0.2, 0.25) is 0 Å². The molecule has 0 aliphatic carbocycles. The van der Waals surface area contributed by atoms with Crippen LogP contribution in [0.15, 0.2) is 0 Å². The monoisotopic (exact) mass is 1580 g/mol. The third kappa shape index (κ3) is 62.8. The summed E-state index contributed by atoms with van der Waals surface area (Å²) in [6.45, 7) is 97.5. The molecule has 0 aromatic heterocycles. The van der Waals surface area contributed by atoms with E-state index in [9.17, 15) is 0 Å². The van der Waals surface area contributed by atoms with Gasteiger partial charge in [0.25, 0.3) is 0 Å². The number of hydrogen-bond acceptors (Lipinski definition) is 8. The highest BCUT2D eigenvalue weighted by molar-refractivity contribution is 4.90. The smallest absolute Gasteiger partial charge is 0.00331 e. The summed E-state index contributed by atoms with van der Waals surface area (Å²) in [5.41, 5.74) is 1.000. The van der Waals surface area contributed by atoms with Gasteiger partial charge in [-0.1, -0.05) is 291 Å².